The third kappa shape index (κ3) is 4.34. The molecule has 0 saturated heterocycles. The first kappa shape index (κ1) is 14.6. The minimum Gasteiger partial charge on any atom is -0.383 e. The maximum absolute atomic E-state index is 12.3. The minimum atomic E-state index is 0.204. The predicted octanol–water partition coefficient (Wildman–Crippen LogP) is 2.70. The Morgan fingerprint density at radius 3 is 2.58 bits per heavy atom. The van der Waals surface area contributed by atoms with Gasteiger partial charge in [0.25, 0.3) is 0 Å². The van der Waals surface area contributed by atoms with Gasteiger partial charge in [0.05, 0.1) is 13.2 Å². The fraction of sp³-hybridized carbons (Fsp3) is 0.533. The second-order valence-electron chi connectivity index (χ2n) is 4.85. The molecular formula is C15H21NO2S. The molecule has 0 unspecified atom stereocenters. The number of Topliss-reactive ketones (excluding diaryl/α,β-unsaturated/α-hetero) is 1. The van der Waals surface area contributed by atoms with Crippen molar-refractivity contribution in [2.24, 2.45) is 0 Å². The molecular weight excluding hydrogens is 258 g/mol. The first-order valence-corrected chi connectivity index (χ1v) is 7.87. The Kier molecular flexibility index (Phi) is 5.43. The van der Waals surface area contributed by atoms with Crippen molar-refractivity contribution in [3.05, 3.63) is 29.8 Å². The Hall–Kier alpha value is -0.840. The summed E-state index contributed by atoms with van der Waals surface area (Å²) in [7, 11) is 1.70. The zero-order valence-electron chi connectivity index (χ0n) is 11.6. The van der Waals surface area contributed by atoms with Crippen LogP contribution in [0.5, 0.6) is 0 Å². The molecule has 19 heavy (non-hydrogen) atoms. The summed E-state index contributed by atoms with van der Waals surface area (Å²) in [4.78, 5) is 15.7. The summed E-state index contributed by atoms with van der Waals surface area (Å²) in [5.41, 5.74) is 0.806. The van der Waals surface area contributed by atoms with E-state index < -0.39 is 0 Å². The Morgan fingerprint density at radius 1 is 1.37 bits per heavy atom. The van der Waals surface area contributed by atoms with Gasteiger partial charge >= 0.3 is 0 Å². The van der Waals surface area contributed by atoms with Gasteiger partial charge in [-0.2, -0.15) is 0 Å². The number of rotatable bonds is 8. The number of hydrogen-bond donors (Lipinski definition) is 0. The second kappa shape index (κ2) is 7.08. The number of hydrogen-bond acceptors (Lipinski definition) is 4. The van der Waals surface area contributed by atoms with E-state index in [4.69, 9.17) is 4.74 Å². The number of nitrogens with zero attached hydrogens (tertiary/aromatic N) is 1. The van der Waals surface area contributed by atoms with Gasteiger partial charge in [0, 0.05) is 30.2 Å². The first-order valence-electron chi connectivity index (χ1n) is 6.65. The van der Waals surface area contributed by atoms with Crippen LogP contribution in [-0.4, -0.2) is 49.8 Å². The molecule has 0 aromatic heterocycles. The van der Waals surface area contributed by atoms with Crippen molar-refractivity contribution in [3.63, 3.8) is 0 Å². The van der Waals surface area contributed by atoms with Crippen molar-refractivity contribution < 1.29 is 9.53 Å². The van der Waals surface area contributed by atoms with Crippen molar-refractivity contribution >= 4 is 17.5 Å². The molecule has 1 aromatic rings. The third-order valence-corrected chi connectivity index (χ3v) is 4.15. The lowest BCUT2D eigenvalue weighted by Crippen LogP contribution is -2.34. The largest absolute Gasteiger partial charge is 0.383 e. The maximum Gasteiger partial charge on any atom is 0.176 e. The van der Waals surface area contributed by atoms with Crippen LogP contribution in [0.2, 0.25) is 0 Å². The predicted molar refractivity (Wildman–Crippen MR) is 79.0 cm³/mol. The molecule has 0 N–H and O–H groups in total. The fourth-order valence-electron chi connectivity index (χ4n) is 2.09. The van der Waals surface area contributed by atoms with Gasteiger partial charge in [-0.15, -0.1) is 11.8 Å². The Balaban J connectivity index is 1.93. The molecule has 0 aliphatic heterocycles. The van der Waals surface area contributed by atoms with Gasteiger partial charge in [-0.05, 0) is 31.2 Å². The molecule has 1 fully saturated rings. The van der Waals surface area contributed by atoms with E-state index >= 15 is 0 Å². The summed E-state index contributed by atoms with van der Waals surface area (Å²) in [6.45, 7) is 2.04. The number of carbonyl (C=O) groups excluding carboxylic acids is 1. The quantitative estimate of drug-likeness (QED) is 0.540. The number of thioether (sulfide) groups is 1. The summed E-state index contributed by atoms with van der Waals surface area (Å²) >= 11 is 1.69. The molecule has 2 rings (SSSR count). The van der Waals surface area contributed by atoms with Gasteiger partial charge < -0.3 is 4.74 Å². The molecule has 0 atom stereocenters. The van der Waals surface area contributed by atoms with Crippen LogP contribution >= 0.6 is 11.8 Å². The standard InChI is InChI=1S/C15H21NO2S/c1-18-10-9-16(13-5-6-13)11-15(17)12-3-7-14(19-2)8-4-12/h3-4,7-8,13H,5-6,9-11H2,1-2H3. The van der Waals surface area contributed by atoms with Gasteiger partial charge in [-0.3, -0.25) is 9.69 Å². The zero-order valence-corrected chi connectivity index (χ0v) is 12.4. The molecule has 1 aliphatic carbocycles. The van der Waals surface area contributed by atoms with Crippen LogP contribution in [0.1, 0.15) is 23.2 Å². The molecule has 1 aliphatic rings. The highest BCUT2D eigenvalue weighted by atomic mass is 32.2. The molecule has 0 radical (unpaired) electrons. The van der Waals surface area contributed by atoms with Crippen LogP contribution in [0.15, 0.2) is 29.2 Å². The average Bonchev–Trinajstić information content (AvgIpc) is 3.28. The fourth-order valence-corrected chi connectivity index (χ4v) is 2.50. The summed E-state index contributed by atoms with van der Waals surface area (Å²) in [5.74, 6) is 0.204. The second-order valence-corrected chi connectivity index (χ2v) is 5.73. The lowest BCUT2D eigenvalue weighted by molar-refractivity contribution is 0.0885. The molecule has 104 valence electrons. The van der Waals surface area contributed by atoms with Gasteiger partial charge in [-0.25, -0.2) is 0 Å². The van der Waals surface area contributed by atoms with Gasteiger partial charge in [0.1, 0.15) is 0 Å². The smallest absolute Gasteiger partial charge is 0.176 e. The Bertz CT molecular complexity index is 415. The summed E-state index contributed by atoms with van der Waals surface area (Å²) < 4.78 is 5.11. The van der Waals surface area contributed by atoms with E-state index in [0.29, 0.717) is 19.2 Å². The molecule has 4 heteroatoms. The van der Waals surface area contributed by atoms with Crippen LogP contribution in [-0.2, 0) is 4.74 Å². The van der Waals surface area contributed by atoms with Crippen LogP contribution in [0, 0.1) is 0 Å². The summed E-state index contributed by atoms with van der Waals surface area (Å²) in [6.07, 6.45) is 4.46. The van der Waals surface area contributed by atoms with Gasteiger partial charge in [0.15, 0.2) is 5.78 Å². The number of benzene rings is 1. The maximum atomic E-state index is 12.3. The molecule has 3 nitrogen and oxygen atoms in total. The third-order valence-electron chi connectivity index (χ3n) is 3.40. The van der Waals surface area contributed by atoms with E-state index in [1.165, 1.54) is 17.7 Å². The van der Waals surface area contributed by atoms with Crippen molar-refractivity contribution in [1.82, 2.24) is 4.90 Å². The highest BCUT2D eigenvalue weighted by Crippen LogP contribution is 2.26. The molecule has 1 saturated carbocycles. The Morgan fingerprint density at radius 2 is 2.05 bits per heavy atom. The van der Waals surface area contributed by atoms with E-state index in [1.54, 1.807) is 18.9 Å². The molecule has 1 aromatic carbocycles. The van der Waals surface area contributed by atoms with E-state index in [1.807, 2.05) is 30.5 Å². The minimum absolute atomic E-state index is 0.204. The lowest BCUT2D eigenvalue weighted by Gasteiger charge is -2.20. The number of carbonyl (C=O) groups is 1. The van der Waals surface area contributed by atoms with Crippen molar-refractivity contribution in [1.29, 1.82) is 0 Å². The first-order chi connectivity index (χ1) is 9.24. The number of ether oxygens (including phenoxy) is 1. The summed E-state index contributed by atoms with van der Waals surface area (Å²) in [5, 5.41) is 0. The lowest BCUT2D eigenvalue weighted by atomic mass is 10.1. The van der Waals surface area contributed by atoms with Crippen LogP contribution in [0.3, 0.4) is 0 Å². The van der Waals surface area contributed by atoms with Gasteiger partial charge in [-0.1, -0.05) is 12.1 Å². The zero-order chi connectivity index (χ0) is 13.7. The molecule has 0 amide bonds. The van der Waals surface area contributed by atoms with Gasteiger partial charge in [0.2, 0.25) is 0 Å². The highest BCUT2D eigenvalue weighted by molar-refractivity contribution is 7.98. The van der Waals surface area contributed by atoms with Crippen molar-refractivity contribution in [3.8, 4) is 0 Å². The van der Waals surface area contributed by atoms with E-state index in [9.17, 15) is 4.79 Å². The molecule has 0 heterocycles. The van der Waals surface area contributed by atoms with Crippen LogP contribution in [0.25, 0.3) is 0 Å². The Labute approximate surface area is 119 Å². The molecule has 0 bridgehead atoms. The van der Waals surface area contributed by atoms with E-state index in [-0.39, 0.29) is 5.78 Å². The van der Waals surface area contributed by atoms with Crippen LogP contribution < -0.4 is 0 Å². The molecule has 0 spiro atoms. The van der Waals surface area contributed by atoms with Crippen molar-refractivity contribution in [2.45, 2.75) is 23.8 Å². The normalized spacial score (nSPS) is 14.9. The number of ketones is 1. The average molecular weight is 279 g/mol. The monoisotopic (exact) mass is 279 g/mol. The highest BCUT2D eigenvalue weighted by Gasteiger charge is 2.30. The topological polar surface area (TPSA) is 29.5 Å². The van der Waals surface area contributed by atoms with Crippen LogP contribution in [0.4, 0.5) is 0 Å². The SMILES string of the molecule is COCCN(CC(=O)c1ccc(SC)cc1)C1CC1. The van der Waals surface area contributed by atoms with E-state index in [2.05, 4.69) is 4.90 Å². The number of methoxy groups -OCH3 is 1. The summed E-state index contributed by atoms with van der Waals surface area (Å²) in [6, 6.07) is 8.46. The van der Waals surface area contributed by atoms with E-state index in [0.717, 1.165) is 12.1 Å². The van der Waals surface area contributed by atoms with Crippen molar-refractivity contribution in [2.75, 3.05) is 33.1 Å².